The Morgan fingerprint density at radius 2 is 1.76 bits per heavy atom. The minimum atomic E-state index is -3.62. The van der Waals surface area contributed by atoms with Crippen LogP contribution in [0.15, 0.2) is 41.3 Å². The van der Waals surface area contributed by atoms with Crippen LogP contribution >= 0.6 is 0 Å². The molecule has 0 saturated carbocycles. The molecular weight excluding hydrogens is 436 g/mol. The Morgan fingerprint density at radius 3 is 2.36 bits per heavy atom. The molecule has 1 saturated heterocycles. The molecule has 1 fully saturated rings. The number of hydrogen-bond acceptors (Lipinski definition) is 4. The summed E-state index contributed by atoms with van der Waals surface area (Å²) in [4.78, 5) is 13.4. The van der Waals surface area contributed by atoms with Crippen LogP contribution in [0.3, 0.4) is 0 Å². The lowest BCUT2D eigenvalue weighted by Crippen LogP contribution is -2.45. The van der Waals surface area contributed by atoms with Crippen LogP contribution in [0.25, 0.3) is 0 Å². The number of methoxy groups -OCH3 is 1. The van der Waals surface area contributed by atoms with Gasteiger partial charge in [0.2, 0.25) is 15.9 Å². The highest BCUT2D eigenvalue weighted by atomic mass is 32.2. The minimum Gasteiger partial charge on any atom is -0.496 e. The highest BCUT2D eigenvalue weighted by Crippen LogP contribution is 2.32. The van der Waals surface area contributed by atoms with Crippen LogP contribution in [-0.4, -0.2) is 38.8 Å². The van der Waals surface area contributed by atoms with E-state index in [2.05, 4.69) is 25.2 Å². The molecule has 1 heterocycles. The minimum absolute atomic E-state index is 0.104. The molecule has 0 bridgehead atoms. The summed E-state index contributed by atoms with van der Waals surface area (Å²) in [5.41, 5.74) is 4.21. The molecule has 180 valence electrons. The largest absolute Gasteiger partial charge is 0.496 e. The first kappa shape index (κ1) is 25.2. The molecule has 2 aromatic rings. The first-order valence-electron chi connectivity index (χ1n) is 11.6. The molecule has 0 aliphatic carbocycles. The summed E-state index contributed by atoms with van der Waals surface area (Å²) in [6.07, 6.45) is 1.34. The zero-order chi connectivity index (χ0) is 24.3. The van der Waals surface area contributed by atoms with Crippen molar-refractivity contribution in [2.24, 2.45) is 5.92 Å². The van der Waals surface area contributed by atoms with Crippen LogP contribution in [0, 0.1) is 19.8 Å². The maximum atomic E-state index is 13.1. The summed E-state index contributed by atoms with van der Waals surface area (Å²) in [5.74, 6) is 0.673. The Bertz CT molecular complexity index is 1090. The molecule has 0 spiro atoms. The van der Waals surface area contributed by atoms with Gasteiger partial charge in [-0.1, -0.05) is 31.5 Å². The second-order valence-corrected chi connectivity index (χ2v) is 11.3. The highest BCUT2D eigenvalue weighted by molar-refractivity contribution is 7.89. The van der Waals surface area contributed by atoms with E-state index >= 15 is 0 Å². The van der Waals surface area contributed by atoms with E-state index in [1.165, 1.54) is 4.31 Å². The van der Waals surface area contributed by atoms with Gasteiger partial charge in [0.15, 0.2) is 0 Å². The third-order valence-electron chi connectivity index (χ3n) is 6.48. The van der Waals surface area contributed by atoms with E-state index in [-0.39, 0.29) is 29.3 Å². The van der Waals surface area contributed by atoms with Crippen LogP contribution in [-0.2, 0) is 14.8 Å². The Morgan fingerprint density at radius 1 is 1.09 bits per heavy atom. The third-order valence-corrected chi connectivity index (χ3v) is 8.36. The van der Waals surface area contributed by atoms with Gasteiger partial charge in [0.25, 0.3) is 0 Å². The molecule has 1 amide bonds. The molecule has 0 radical (unpaired) electrons. The van der Waals surface area contributed by atoms with Crippen molar-refractivity contribution in [1.29, 1.82) is 0 Å². The van der Waals surface area contributed by atoms with E-state index in [1.807, 2.05) is 26.8 Å². The Balaban J connectivity index is 1.74. The number of carbonyl (C=O) groups excluding carboxylic acids is 1. The van der Waals surface area contributed by atoms with Gasteiger partial charge in [0.05, 0.1) is 24.0 Å². The molecule has 3 rings (SSSR count). The summed E-state index contributed by atoms with van der Waals surface area (Å²) in [7, 11) is -1.94. The van der Waals surface area contributed by atoms with Crippen LogP contribution in [0.1, 0.15) is 67.8 Å². The van der Waals surface area contributed by atoms with Gasteiger partial charge in [-0.05, 0) is 80.5 Å². The number of sulfonamides is 1. The molecule has 2 atom stereocenters. The van der Waals surface area contributed by atoms with E-state index < -0.39 is 10.0 Å². The average Bonchev–Trinajstić information content (AvgIpc) is 2.78. The fraction of sp³-hybridized carbons (Fsp3) is 0.500. The third kappa shape index (κ3) is 5.58. The molecule has 2 aromatic carbocycles. The van der Waals surface area contributed by atoms with E-state index in [1.54, 1.807) is 31.4 Å². The summed E-state index contributed by atoms with van der Waals surface area (Å²) in [6.45, 7) is 10.8. The Labute approximate surface area is 198 Å². The maximum absolute atomic E-state index is 13.1. The molecule has 6 nitrogen and oxygen atoms in total. The molecule has 0 unspecified atom stereocenters. The smallest absolute Gasteiger partial charge is 0.243 e. The first-order valence-corrected chi connectivity index (χ1v) is 13.0. The topological polar surface area (TPSA) is 75.7 Å². The SMILES string of the molecule is COc1cc(C)c([C@H](C)NC(=O)[C@@H]2CCCN(S(=O)(=O)c3ccc(C)cc3)C2)cc1C(C)C. The van der Waals surface area contributed by atoms with Crippen LogP contribution in [0.2, 0.25) is 0 Å². The first-order chi connectivity index (χ1) is 15.5. The number of rotatable bonds is 7. The highest BCUT2D eigenvalue weighted by Gasteiger charge is 2.34. The fourth-order valence-corrected chi connectivity index (χ4v) is 5.98. The van der Waals surface area contributed by atoms with Crippen LogP contribution in [0.5, 0.6) is 5.75 Å². The number of amides is 1. The van der Waals surface area contributed by atoms with Crippen molar-refractivity contribution in [3.8, 4) is 5.75 Å². The molecular formula is C26H36N2O4S. The van der Waals surface area contributed by atoms with Crippen molar-refractivity contribution in [3.05, 3.63) is 58.7 Å². The van der Waals surface area contributed by atoms with Crippen molar-refractivity contribution < 1.29 is 17.9 Å². The van der Waals surface area contributed by atoms with Gasteiger partial charge in [-0.3, -0.25) is 4.79 Å². The van der Waals surface area contributed by atoms with Gasteiger partial charge >= 0.3 is 0 Å². The average molecular weight is 473 g/mol. The number of nitrogens with one attached hydrogen (secondary N) is 1. The van der Waals surface area contributed by atoms with Crippen LogP contribution < -0.4 is 10.1 Å². The molecule has 33 heavy (non-hydrogen) atoms. The summed E-state index contributed by atoms with van der Waals surface area (Å²) in [5, 5.41) is 3.13. The fourth-order valence-electron chi connectivity index (χ4n) is 4.45. The number of aryl methyl sites for hydroxylation is 2. The van der Waals surface area contributed by atoms with Crippen molar-refractivity contribution in [2.45, 2.75) is 64.3 Å². The number of piperidine rings is 1. The van der Waals surface area contributed by atoms with E-state index in [0.29, 0.717) is 25.3 Å². The second kappa shape index (κ2) is 10.3. The zero-order valence-corrected chi connectivity index (χ0v) is 21.3. The second-order valence-electron chi connectivity index (χ2n) is 9.35. The van der Waals surface area contributed by atoms with Gasteiger partial charge in [-0.25, -0.2) is 8.42 Å². The summed E-state index contributed by atoms with van der Waals surface area (Å²) in [6, 6.07) is 10.8. The Kier molecular flexibility index (Phi) is 7.85. The van der Waals surface area contributed by atoms with Gasteiger partial charge in [0.1, 0.15) is 5.75 Å². The number of nitrogens with zero attached hydrogens (tertiary/aromatic N) is 1. The van der Waals surface area contributed by atoms with Gasteiger partial charge in [0, 0.05) is 13.1 Å². The van der Waals surface area contributed by atoms with Gasteiger partial charge < -0.3 is 10.1 Å². The summed E-state index contributed by atoms with van der Waals surface area (Å²) < 4.78 is 33.2. The van der Waals surface area contributed by atoms with E-state index in [9.17, 15) is 13.2 Å². The lowest BCUT2D eigenvalue weighted by atomic mass is 9.92. The lowest BCUT2D eigenvalue weighted by molar-refractivity contribution is -0.126. The van der Waals surface area contributed by atoms with Crippen LogP contribution in [0.4, 0.5) is 0 Å². The van der Waals surface area contributed by atoms with Crippen molar-refractivity contribution in [1.82, 2.24) is 9.62 Å². The quantitative estimate of drug-likeness (QED) is 0.633. The van der Waals surface area contributed by atoms with Gasteiger partial charge in [-0.2, -0.15) is 4.31 Å². The van der Waals surface area contributed by atoms with Crippen molar-refractivity contribution in [3.63, 3.8) is 0 Å². The Hall–Kier alpha value is -2.38. The molecule has 1 aliphatic rings. The standard InChI is InChI=1S/C26H36N2O4S/c1-17(2)23-15-24(19(4)14-25(23)32-6)20(5)27-26(29)21-8-7-13-28(16-21)33(30,31)22-11-9-18(3)10-12-22/h9-12,14-15,17,20-21H,7-8,13,16H2,1-6H3,(H,27,29)/t20-,21+/m0/s1. The lowest BCUT2D eigenvalue weighted by Gasteiger charge is -2.32. The maximum Gasteiger partial charge on any atom is 0.243 e. The number of carbonyl (C=O) groups is 1. The normalized spacial score (nSPS) is 18.2. The number of benzene rings is 2. The monoisotopic (exact) mass is 472 g/mol. The zero-order valence-electron chi connectivity index (χ0n) is 20.5. The van der Waals surface area contributed by atoms with Crippen molar-refractivity contribution in [2.75, 3.05) is 20.2 Å². The number of hydrogen-bond donors (Lipinski definition) is 1. The molecule has 0 aromatic heterocycles. The van der Waals surface area contributed by atoms with Crippen molar-refractivity contribution >= 4 is 15.9 Å². The molecule has 1 N–H and O–H groups in total. The summed E-state index contributed by atoms with van der Waals surface area (Å²) >= 11 is 0. The van der Waals surface area contributed by atoms with E-state index in [4.69, 9.17) is 4.74 Å². The molecule has 7 heteroatoms. The van der Waals surface area contributed by atoms with E-state index in [0.717, 1.165) is 28.0 Å². The van der Waals surface area contributed by atoms with Gasteiger partial charge in [-0.15, -0.1) is 0 Å². The predicted octanol–water partition coefficient (Wildman–Crippen LogP) is 4.71. The molecule has 1 aliphatic heterocycles. The predicted molar refractivity (Wildman–Crippen MR) is 131 cm³/mol. The number of ether oxygens (including phenoxy) is 1.